The number of carboxylic acids is 1. The van der Waals surface area contributed by atoms with Gasteiger partial charge in [-0.2, -0.15) is 0 Å². The number of aromatic nitrogens is 3. The second-order valence-electron chi connectivity index (χ2n) is 10.2. The number of imidazole rings is 1. The number of nitrogens with zero attached hydrogens (tertiary/aromatic N) is 3. The summed E-state index contributed by atoms with van der Waals surface area (Å²) in [6, 6.07) is 5.18. The van der Waals surface area contributed by atoms with Gasteiger partial charge in [0, 0.05) is 11.5 Å². The van der Waals surface area contributed by atoms with E-state index in [9.17, 15) is 9.59 Å². The molecule has 1 aliphatic carbocycles. The number of rotatable bonds is 7. The third-order valence-electron chi connectivity index (χ3n) is 4.76. The molecule has 2 aromatic heterocycles. The second kappa shape index (κ2) is 13.2. The molecule has 0 aliphatic heterocycles. The molecule has 1 saturated carbocycles. The van der Waals surface area contributed by atoms with Crippen LogP contribution in [0.4, 0.5) is 10.9 Å². The van der Waals surface area contributed by atoms with Crippen LogP contribution in [0.5, 0.6) is 5.75 Å². The van der Waals surface area contributed by atoms with Crippen molar-refractivity contribution < 1.29 is 19.4 Å². The van der Waals surface area contributed by atoms with E-state index < -0.39 is 12.6 Å². The fourth-order valence-electron chi connectivity index (χ4n) is 3.05. The Morgan fingerprint density at radius 3 is 2.45 bits per heavy atom. The predicted molar refractivity (Wildman–Crippen MR) is 152 cm³/mol. The monoisotopic (exact) mass is 542 g/mol. The molecule has 0 bridgehead atoms. The van der Waals surface area contributed by atoms with E-state index in [1.54, 1.807) is 29.0 Å². The van der Waals surface area contributed by atoms with Gasteiger partial charge in [-0.25, -0.2) is 14.8 Å². The molecule has 0 atom stereocenters. The number of nitrogens with two attached hydrogens (primary N) is 1. The first-order chi connectivity index (χ1) is 17.8. The van der Waals surface area contributed by atoms with Gasteiger partial charge in [0.2, 0.25) is 5.91 Å². The first-order valence-electron chi connectivity index (χ1n) is 12.5. The van der Waals surface area contributed by atoms with Gasteiger partial charge in [-0.05, 0) is 48.9 Å². The Bertz CT molecular complexity index is 1260. The van der Waals surface area contributed by atoms with Crippen LogP contribution in [0.2, 0.25) is 0 Å². The number of hydrogen-bond donors (Lipinski definition) is 4. The summed E-state index contributed by atoms with van der Waals surface area (Å²) in [6.07, 6.45) is 4.90. The quantitative estimate of drug-likeness (QED) is 0.222. The van der Waals surface area contributed by atoms with Crippen molar-refractivity contribution >= 4 is 40.0 Å². The molecule has 0 radical (unpaired) electrons. The summed E-state index contributed by atoms with van der Waals surface area (Å²) in [5, 5.41) is 20.5. The lowest BCUT2D eigenvalue weighted by Gasteiger charge is -2.12. The van der Waals surface area contributed by atoms with E-state index >= 15 is 0 Å². The van der Waals surface area contributed by atoms with Crippen molar-refractivity contribution in [3.8, 4) is 17.0 Å². The Kier molecular flexibility index (Phi) is 10.6. The minimum atomic E-state index is -1.05. The Morgan fingerprint density at radius 2 is 1.89 bits per heavy atom. The number of anilines is 2. The van der Waals surface area contributed by atoms with Gasteiger partial charge in [-0.3, -0.25) is 14.8 Å². The summed E-state index contributed by atoms with van der Waals surface area (Å²) >= 11 is 1.14. The number of aliphatic carboxylic acids is 1. The van der Waals surface area contributed by atoms with E-state index in [2.05, 4.69) is 43.0 Å². The Balaban J connectivity index is 0.000000651. The van der Waals surface area contributed by atoms with Crippen LogP contribution in [0, 0.1) is 23.7 Å². The number of carbonyl (C=O) groups is 2. The van der Waals surface area contributed by atoms with Crippen LogP contribution in [0.15, 0.2) is 30.7 Å². The lowest BCUT2D eigenvalue weighted by Crippen LogP contribution is -2.13. The smallest absolute Gasteiger partial charge is 0.341 e. The Labute approximate surface area is 227 Å². The van der Waals surface area contributed by atoms with Gasteiger partial charge in [0.15, 0.2) is 17.6 Å². The van der Waals surface area contributed by atoms with Crippen LogP contribution in [0.1, 0.15) is 64.8 Å². The number of amides is 1. The van der Waals surface area contributed by atoms with Gasteiger partial charge in [0.25, 0.3) is 0 Å². The lowest BCUT2D eigenvalue weighted by molar-refractivity contribution is -0.139. The highest BCUT2D eigenvalue weighted by Crippen LogP contribution is 2.33. The van der Waals surface area contributed by atoms with Crippen molar-refractivity contribution in [1.29, 1.82) is 5.41 Å². The highest BCUT2D eigenvalue weighted by Gasteiger charge is 2.30. The molecule has 3 aromatic rings. The largest absolute Gasteiger partial charge is 0.482 e. The summed E-state index contributed by atoms with van der Waals surface area (Å²) in [7, 11) is 0. The number of benzene rings is 1. The zero-order chi connectivity index (χ0) is 28.6. The predicted octanol–water partition coefficient (Wildman–Crippen LogP) is 5.66. The normalized spacial score (nSPS) is 12.4. The first kappa shape index (κ1) is 30.5. The molecule has 0 saturated heterocycles. The van der Waals surface area contributed by atoms with E-state index in [1.165, 1.54) is 6.33 Å². The summed E-state index contributed by atoms with van der Waals surface area (Å²) in [6.45, 7) is 14.2. The molecule has 206 valence electrons. The topological polar surface area (TPSA) is 156 Å². The van der Waals surface area contributed by atoms with E-state index in [-0.39, 0.29) is 23.5 Å². The highest BCUT2D eigenvalue weighted by atomic mass is 32.1. The molecule has 1 aromatic carbocycles. The van der Waals surface area contributed by atoms with Crippen molar-refractivity contribution in [3.05, 3.63) is 41.2 Å². The maximum Gasteiger partial charge on any atom is 0.341 e. The van der Waals surface area contributed by atoms with Crippen molar-refractivity contribution in [2.45, 2.75) is 61.3 Å². The molecule has 1 fully saturated rings. The van der Waals surface area contributed by atoms with Gasteiger partial charge >= 0.3 is 5.97 Å². The zero-order valence-corrected chi connectivity index (χ0v) is 23.9. The number of thiazole rings is 1. The molecule has 2 heterocycles. The number of ether oxygens (including phenoxy) is 1. The standard InChI is InChI=1S/C20H20N6O4S.C5H12.C2H6/c1-10-6-12(30-8-15(27)28)4-5-13(10)14-7-23-9-26(14)18(22)16-17(21)24-20(31-16)25-19(29)11-2-3-11;1-5(2,3)4;1-2/h4-7,9,11,22H,2-3,8,21H2,1H3,(H,27,28)(H,24,25,29);1-4H3;1-2H3. The summed E-state index contributed by atoms with van der Waals surface area (Å²) < 4.78 is 6.80. The van der Waals surface area contributed by atoms with Crippen molar-refractivity contribution in [2.24, 2.45) is 11.3 Å². The van der Waals surface area contributed by atoms with Gasteiger partial charge in [-0.15, -0.1) is 0 Å². The number of hydrogen-bond acceptors (Lipinski definition) is 8. The molecular formula is C27H38N6O4S. The SMILES string of the molecule is CC.CC(C)(C)C.Cc1cc(OCC(=O)O)ccc1-c1cncn1C(=N)c1sc(NC(=O)C2CC2)nc1N. The number of nitrogen functional groups attached to an aromatic ring is 1. The Morgan fingerprint density at radius 1 is 1.26 bits per heavy atom. The third-order valence-corrected chi connectivity index (χ3v) is 5.76. The van der Waals surface area contributed by atoms with Gasteiger partial charge in [-0.1, -0.05) is 52.9 Å². The number of carbonyl (C=O) groups excluding carboxylic acids is 1. The maximum atomic E-state index is 12.0. The minimum Gasteiger partial charge on any atom is -0.482 e. The molecule has 1 amide bonds. The fourth-order valence-corrected chi connectivity index (χ4v) is 3.88. The number of nitrogens with one attached hydrogen (secondary N) is 2. The molecule has 11 heteroatoms. The lowest BCUT2D eigenvalue weighted by atomic mass is 10.0. The molecule has 5 N–H and O–H groups in total. The molecule has 10 nitrogen and oxygen atoms in total. The number of carboxylic acid groups (broad SMARTS) is 1. The van der Waals surface area contributed by atoms with Gasteiger partial charge < -0.3 is 20.9 Å². The van der Waals surface area contributed by atoms with Crippen LogP contribution in [0.25, 0.3) is 11.3 Å². The van der Waals surface area contributed by atoms with E-state index in [4.69, 9.17) is 21.0 Å². The van der Waals surface area contributed by atoms with Crippen molar-refractivity contribution in [3.63, 3.8) is 0 Å². The van der Waals surface area contributed by atoms with Crippen LogP contribution < -0.4 is 15.8 Å². The first-order valence-corrected chi connectivity index (χ1v) is 13.3. The summed E-state index contributed by atoms with van der Waals surface area (Å²) in [5.74, 6) is -0.403. The van der Waals surface area contributed by atoms with E-state index in [0.29, 0.717) is 26.9 Å². The fraction of sp³-hybridized carbons (Fsp3) is 0.444. The molecule has 0 unspecified atom stereocenters. The van der Waals surface area contributed by atoms with Crippen molar-refractivity contribution in [1.82, 2.24) is 14.5 Å². The van der Waals surface area contributed by atoms with Gasteiger partial charge in [0.05, 0.1) is 11.9 Å². The minimum absolute atomic E-state index is 0.0405. The molecule has 0 spiro atoms. The van der Waals surface area contributed by atoms with Crippen LogP contribution in [-0.2, 0) is 9.59 Å². The molecular weight excluding hydrogens is 504 g/mol. The van der Waals surface area contributed by atoms with Crippen LogP contribution in [0.3, 0.4) is 0 Å². The molecule has 1 aliphatic rings. The number of aryl methyl sites for hydroxylation is 1. The third kappa shape index (κ3) is 8.98. The molecule has 38 heavy (non-hydrogen) atoms. The van der Waals surface area contributed by atoms with E-state index in [0.717, 1.165) is 35.3 Å². The van der Waals surface area contributed by atoms with Crippen molar-refractivity contribution in [2.75, 3.05) is 17.7 Å². The summed E-state index contributed by atoms with van der Waals surface area (Å²) in [5.41, 5.74) is 8.80. The van der Waals surface area contributed by atoms with Crippen LogP contribution in [-0.4, -0.2) is 44.0 Å². The second-order valence-corrected chi connectivity index (χ2v) is 11.2. The Hall–Kier alpha value is -3.73. The summed E-state index contributed by atoms with van der Waals surface area (Å²) in [4.78, 5) is 31.5. The van der Waals surface area contributed by atoms with Gasteiger partial charge in [0.1, 0.15) is 22.8 Å². The van der Waals surface area contributed by atoms with E-state index in [1.807, 2.05) is 20.8 Å². The average Bonchev–Trinajstić information content (AvgIpc) is 3.47. The molecule has 4 rings (SSSR count). The van der Waals surface area contributed by atoms with Crippen LogP contribution >= 0.6 is 11.3 Å². The average molecular weight is 543 g/mol. The highest BCUT2D eigenvalue weighted by molar-refractivity contribution is 7.18. The zero-order valence-electron chi connectivity index (χ0n) is 23.1. The maximum absolute atomic E-state index is 12.0.